The highest BCUT2D eigenvalue weighted by molar-refractivity contribution is 5.70. The number of aromatic nitrogens is 1. The van der Waals surface area contributed by atoms with Gasteiger partial charge in [-0.05, 0) is 18.2 Å². The first kappa shape index (κ1) is 12.5. The highest BCUT2D eigenvalue weighted by Crippen LogP contribution is 2.34. The van der Waals surface area contributed by atoms with Crippen LogP contribution in [0.1, 0.15) is 12.1 Å². The van der Waals surface area contributed by atoms with E-state index in [9.17, 15) is 4.79 Å². The first-order valence-corrected chi connectivity index (χ1v) is 6.30. The van der Waals surface area contributed by atoms with Crippen LogP contribution < -0.4 is 9.47 Å². The summed E-state index contributed by atoms with van der Waals surface area (Å²) in [5.74, 6) is 0.938. The average Bonchev–Trinajstić information content (AvgIpc) is 2.74. The van der Waals surface area contributed by atoms with Crippen LogP contribution in [0.4, 0.5) is 0 Å². The fourth-order valence-electron chi connectivity index (χ4n) is 2.00. The number of carbonyl (C=O) groups is 1. The fourth-order valence-corrected chi connectivity index (χ4v) is 2.00. The quantitative estimate of drug-likeness (QED) is 0.924. The summed E-state index contributed by atoms with van der Waals surface area (Å²) in [4.78, 5) is 10.6. The lowest BCUT2D eigenvalue weighted by atomic mass is 10.1. The van der Waals surface area contributed by atoms with Crippen molar-refractivity contribution in [3.8, 4) is 22.8 Å². The maximum absolute atomic E-state index is 10.6. The van der Waals surface area contributed by atoms with E-state index in [1.54, 1.807) is 6.07 Å². The van der Waals surface area contributed by atoms with Crippen molar-refractivity contribution in [3.05, 3.63) is 30.0 Å². The molecule has 1 aliphatic heterocycles. The number of fused-ring (bicyclic) bond motifs is 1. The minimum absolute atomic E-state index is 0.159. The van der Waals surface area contributed by atoms with Gasteiger partial charge in [-0.15, -0.1) is 0 Å². The summed E-state index contributed by atoms with van der Waals surface area (Å²) in [5.41, 5.74) is 1.16. The van der Waals surface area contributed by atoms with E-state index >= 15 is 0 Å². The number of benzene rings is 1. The lowest BCUT2D eigenvalue weighted by molar-refractivity contribution is -0.136. The Bertz CT molecular complexity index is 634. The summed E-state index contributed by atoms with van der Waals surface area (Å²) < 4.78 is 16.3. The van der Waals surface area contributed by atoms with Crippen LogP contribution in [0.15, 0.2) is 28.8 Å². The predicted octanol–water partition coefficient (Wildman–Crippen LogP) is 2.13. The number of carboxylic acids is 1. The third-order valence-electron chi connectivity index (χ3n) is 2.92. The molecule has 0 fully saturated rings. The molecule has 3 rings (SSSR count). The molecule has 0 spiro atoms. The first-order valence-electron chi connectivity index (χ1n) is 6.30. The Labute approximate surface area is 114 Å². The van der Waals surface area contributed by atoms with E-state index in [1.165, 1.54) is 0 Å². The third-order valence-corrected chi connectivity index (χ3v) is 2.92. The van der Waals surface area contributed by atoms with E-state index in [1.807, 2.05) is 18.2 Å². The molecule has 0 saturated carbocycles. The zero-order chi connectivity index (χ0) is 13.9. The molecule has 6 heteroatoms. The van der Waals surface area contributed by atoms with Crippen LogP contribution in [0, 0.1) is 0 Å². The molecule has 1 aromatic heterocycles. The van der Waals surface area contributed by atoms with Crippen LogP contribution in [0.2, 0.25) is 0 Å². The number of aliphatic carboxylic acids is 1. The second kappa shape index (κ2) is 5.24. The number of hydrogen-bond acceptors (Lipinski definition) is 5. The number of carboxylic acid groups (broad SMARTS) is 1. The molecule has 6 nitrogen and oxygen atoms in total. The molecule has 0 amide bonds. The predicted molar refractivity (Wildman–Crippen MR) is 68.9 cm³/mol. The molecular weight excluding hydrogens is 262 g/mol. The molecule has 0 aliphatic carbocycles. The molecule has 2 aromatic rings. The molecule has 0 unspecified atom stereocenters. The smallest absolute Gasteiger partial charge is 0.309 e. The number of nitrogens with zero attached hydrogens (tertiary/aromatic N) is 1. The van der Waals surface area contributed by atoms with Gasteiger partial charge in [0.15, 0.2) is 17.3 Å². The van der Waals surface area contributed by atoms with Gasteiger partial charge in [-0.3, -0.25) is 4.79 Å². The molecule has 0 bridgehead atoms. The van der Waals surface area contributed by atoms with E-state index in [0.717, 1.165) is 12.0 Å². The second-order valence-electron chi connectivity index (χ2n) is 4.47. The van der Waals surface area contributed by atoms with Gasteiger partial charge in [-0.2, -0.15) is 0 Å². The molecule has 2 heterocycles. The van der Waals surface area contributed by atoms with Gasteiger partial charge in [0, 0.05) is 18.1 Å². The van der Waals surface area contributed by atoms with Crippen LogP contribution >= 0.6 is 0 Å². The summed E-state index contributed by atoms with van der Waals surface area (Å²) in [7, 11) is 0. The van der Waals surface area contributed by atoms with Crippen molar-refractivity contribution < 1.29 is 23.9 Å². The van der Waals surface area contributed by atoms with Crippen molar-refractivity contribution >= 4 is 5.97 Å². The van der Waals surface area contributed by atoms with Crippen molar-refractivity contribution in [1.29, 1.82) is 0 Å². The molecule has 0 radical (unpaired) electrons. The summed E-state index contributed by atoms with van der Waals surface area (Å²) in [5, 5.41) is 12.5. The summed E-state index contributed by atoms with van der Waals surface area (Å²) >= 11 is 0. The van der Waals surface area contributed by atoms with Gasteiger partial charge in [0.1, 0.15) is 0 Å². The first-order chi connectivity index (χ1) is 9.72. The normalized spacial score (nSPS) is 13.8. The molecule has 1 aliphatic rings. The Kier molecular flexibility index (Phi) is 3.28. The Morgan fingerprint density at radius 2 is 2.00 bits per heavy atom. The van der Waals surface area contributed by atoms with Crippen LogP contribution in [-0.2, 0) is 11.2 Å². The zero-order valence-corrected chi connectivity index (χ0v) is 10.7. The molecular formula is C14H13NO5. The molecule has 0 saturated heterocycles. The lowest BCUT2D eigenvalue weighted by Gasteiger charge is -2.07. The van der Waals surface area contributed by atoms with Crippen LogP contribution in [-0.4, -0.2) is 29.4 Å². The molecule has 104 valence electrons. The van der Waals surface area contributed by atoms with Gasteiger partial charge in [0.05, 0.1) is 25.3 Å². The summed E-state index contributed by atoms with van der Waals surface area (Å²) in [6.07, 6.45) is 0.684. The van der Waals surface area contributed by atoms with E-state index in [0.29, 0.717) is 36.2 Å². The van der Waals surface area contributed by atoms with Crippen molar-refractivity contribution in [2.75, 3.05) is 13.2 Å². The maximum atomic E-state index is 10.6. The van der Waals surface area contributed by atoms with Crippen molar-refractivity contribution in [2.45, 2.75) is 12.8 Å². The largest absolute Gasteiger partial charge is 0.490 e. The Balaban J connectivity index is 1.88. The Hall–Kier alpha value is -2.50. The minimum Gasteiger partial charge on any atom is -0.490 e. The van der Waals surface area contributed by atoms with Gasteiger partial charge in [-0.1, -0.05) is 5.16 Å². The van der Waals surface area contributed by atoms with E-state index in [2.05, 4.69) is 5.16 Å². The zero-order valence-electron chi connectivity index (χ0n) is 10.7. The number of hydrogen-bond donors (Lipinski definition) is 1. The summed E-state index contributed by atoms with van der Waals surface area (Å²) in [6.45, 7) is 1.24. The van der Waals surface area contributed by atoms with Gasteiger partial charge in [0.25, 0.3) is 0 Å². The fraction of sp³-hybridized carbons (Fsp3) is 0.286. The highest BCUT2D eigenvalue weighted by atomic mass is 16.5. The van der Waals surface area contributed by atoms with Gasteiger partial charge in [0.2, 0.25) is 0 Å². The van der Waals surface area contributed by atoms with Crippen LogP contribution in [0.5, 0.6) is 11.5 Å². The topological polar surface area (TPSA) is 81.8 Å². The Morgan fingerprint density at radius 3 is 2.80 bits per heavy atom. The number of ether oxygens (including phenoxy) is 2. The monoisotopic (exact) mass is 275 g/mol. The van der Waals surface area contributed by atoms with Crippen molar-refractivity contribution in [1.82, 2.24) is 5.16 Å². The van der Waals surface area contributed by atoms with E-state index < -0.39 is 5.97 Å². The standard InChI is InChI=1S/C14H13NO5/c16-14(17)8-10-7-12(20-15-10)9-2-3-11-13(6-9)19-5-1-4-18-11/h2-3,6-7H,1,4-5,8H2,(H,16,17). The SMILES string of the molecule is O=C(O)Cc1cc(-c2ccc3c(c2)OCCCO3)on1. The Morgan fingerprint density at radius 1 is 1.20 bits per heavy atom. The van der Waals surface area contributed by atoms with Crippen molar-refractivity contribution in [2.24, 2.45) is 0 Å². The highest BCUT2D eigenvalue weighted by Gasteiger charge is 2.14. The average molecular weight is 275 g/mol. The van der Waals surface area contributed by atoms with Crippen LogP contribution in [0.25, 0.3) is 11.3 Å². The molecule has 1 aromatic carbocycles. The molecule has 20 heavy (non-hydrogen) atoms. The van der Waals surface area contributed by atoms with E-state index in [4.69, 9.17) is 19.1 Å². The lowest BCUT2D eigenvalue weighted by Crippen LogP contribution is -1.99. The minimum atomic E-state index is -0.941. The van der Waals surface area contributed by atoms with Gasteiger partial charge < -0.3 is 19.1 Å². The maximum Gasteiger partial charge on any atom is 0.309 e. The molecule has 1 N–H and O–H groups in total. The second-order valence-corrected chi connectivity index (χ2v) is 4.47. The van der Waals surface area contributed by atoms with Gasteiger partial charge in [-0.25, -0.2) is 0 Å². The van der Waals surface area contributed by atoms with E-state index in [-0.39, 0.29) is 6.42 Å². The third kappa shape index (κ3) is 2.59. The van der Waals surface area contributed by atoms with Crippen molar-refractivity contribution in [3.63, 3.8) is 0 Å². The summed E-state index contributed by atoms with van der Waals surface area (Å²) in [6, 6.07) is 7.08. The van der Waals surface area contributed by atoms with Gasteiger partial charge >= 0.3 is 5.97 Å². The number of rotatable bonds is 3. The molecule has 0 atom stereocenters. The van der Waals surface area contributed by atoms with Crippen LogP contribution in [0.3, 0.4) is 0 Å².